The number of halogens is 1. The number of aromatic nitrogens is 1. The second-order valence-electron chi connectivity index (χ2n) is 7.88. The van der Waals surface area contributed by atoms with E-state index in [0.29, 0.717) is 23.7 Å². The predicted molar refractivity (Wildman–Crippen MR) is 125 cm³/mol. The zero-order valence-corrected chi connectivity index (χ0v) is 19.1. The Balaban J connectivity index is 1.59. The van der Waals surface area contributed by atoms with E-state index < -0.39 is 17.7 Å². The van der Waals surface area contributed by atoms with Gasteiger partial charge in [-0.3, -0.25) is 4.79 Å². The van der Waals surface area contributed by atoms with Crippen molar-refractivity contribution in [1.82, 2.24) is 15.0 Å². The molecule has 9 heteroatoms. The van der Waals surface area contributed by atoms with Crippen molar-refractivity contribution in [3.8, 4) is 0 Å². The third kappa shape index (κ3) is 6.57. The zero-order valence-electron chi connectivity index (χ0n) is 17.6. The molecule has 0 aliphatic carbocycles. The summed E-state index contributed by atoms with van der Waals surface area (Å²) in [7, 11) is 0. The summed E-state index contributed by atoms with van der Waals surface area (Å²) in [5.74, 6) is 0.397. The first-order valence-electron chi connectivity index (χ1n) is 9.84. The number of fused-ring (bicyclic) bond motifs is 1. The van der Waals surface area contributed by atoms with Gasteiger partial charge in [0.2, 0.25) is 5.91 Å². The first-order chi connectivity index (χ1) is 14.7. The van der Waals surface area contributed by atoms with Crippen LogP contribution in [0.2, 0.25) is 5.02 Å². The summed E-state index contributed by atoms with van der Waals surface area (Å²) in [6.07, 6.45) is -0.652. The summed E-state index contributed by atoms with van der Waals surface area (Å²) in [6.45, 7) is 6.12. The van der Waals surface area contributed by atoms with Crippen molar-refractivity contribution in [2.24, 2.45) is 0 Å². The van der Waals surface area contributed by atoms with Gasteiger partial charge in [0.1, 0.15) is 17.5 Å². The van der Waals surface area contributed by atoms with Crippen LogP contribution in [0.15, 0.2) is 48.5 Å². The average Bonchev–Trinajstić information content (AvgIpc) is 3.10. The number of carbonyl (C=O) groups excluding carboxylic acids is 2. The molecule has 0 saturated carbocycles. The summed E-state index contributed by atoms with van der Waals surface area (Å²) in [5.41, 5.74) is 0.00392. The molecular weight excluding hydrogens is 436 g/mol. The molecule has 0 radical (unpaired) electrons. The Hall–Kier alpha value is -2.84. The number of hydrogen-bond acceptors (Lipinski definition) is 6. The summed E-state index contributed by atoms with van der Waals surface area (Å²) in [6, 6.07) is 13.8. The van der Waals surface area contributed by atoms with Gasteiger partial charge in [-0.2, -0.15) is 4.37 Å². The van der Waals surface area contributed by atoms with Crippen LogP contribution >= 0.6 is 23.1 Å². The van der Waals surface area contributed by atoms with Gasteiger partial charge in [-0.05, 0) is 56.1 Å². The first-order valence-corrected chi connectivity index (χ1v) is 11.0. The van der Waals surface area contributed by atoms with E-state index in [4.69, 9.17) is 16.3 Å². The van der Waals surface area contributed by atoms with Gasteiger partial charge in [0, 0.05) is 23.5 Å². The molecular formula is C22H25ClN4O3S. The molecule has 0 aliphatic rings. The number of ether oxygens (including phenoxy) is 1. The normalized spacial score (nSPS) is 12.3. The highest BCUT2D eigenvalue weighted by Crippen LogP contribution is 2.29. The highest BCUT2D eigenvalue weighted by Gasteiger charge is 2.25. The van der Waals surface area contributed by atoms with Crippen LogP contribution < -0.4 is 16.0 Å². The molecule has 0 spiro atoms. The smallest absolute Gasteiger partial charge is 0.408 e. The second kappa shape index (κ2) is 9.98. The van der Waals surface area contributed by atoms with Crippen molar-refractivity contribution in [2.75, 3.05) is 18.4 Å². The number of carbonyl (C=O) groups is 2. The summed E-state index contributed by atoms with van der Waals surface area (Å²) >= 11 is 7.45. The van der Waals surface area contributed by atoms with Crippen LogP contribution in [-0.2, 0) is 9.53 Å². The highest BCUT2D eigenvalue weighted by atomic mass is 35.5. The molecule has 3 N–H and O–H groups in total. The van der Waals surface area contributed by atoms with Crippen LogP contribution in [0, 0.1) is 0 Å². The van der Waals surface area contributed by atoms with Crippen LogP contribution in [0.4, 0.5) is 10.6 Å². The largest absolute Gasteiger partial charge is 0.444 e. The lowest BCUT2D eigenvalue weighted by atomic mass is 10.1. The SMILES string of the molecule is CC(C)(C)OC(=O)N[C@H](C(=O)NCCNc1nsc2ccc(Cl)cc12)c1ccccc1. The summed E-state index contributed by atoms with van der Waals surface area (Å²) in [4.78, 5) is 25.1. The Morgan fingerprint density at radius 2 is 1.87 bits per heavy atom. The molecule has 0 saturated heterocycles. The number of anilines is 1. The molecule has 164 valence electrons. The second-order valence-corrected chi connectivity index (χ2v) is 9.12. The predicted octanol–water partition coefficient (Wildman–Crippen LogP) is 4.74. The Kier molecular flexibility index (Phi) is 7.35. The van der Waals surface area contributed by atoms with Crippen molar-refractivity contribution >= 4 is 51.0 Å². The minimum Gasteiger partial charge on any atom is -0.444 e. The van der Waals surface area contributed by atoms with E-state index in [1.807, 2.05) is 36.4 Å². The Bertz CT molecular complexity index is 1050. The van der Waals surface area contributed by atoms with Gasteiger partial charge in [-0.15, -0.1) is 0 Å². The van der Waals surface area contributed by atoms with Gasteiger partial charge < -0.3 is 20.7 Å². The van der Waals surface area contributed by atoms with E-state index in [9.17, 15) is 9.59 Å². The number of benzene rings is 2. The number of rotatable bonds is 7. The molecule has 0 fully saturated rings. The van der Waals surface area contributed by atoms with Crippen LogP contribution in [0.3, 0.4) is 0 Å². The quantitative estimate of drug-likeness (QED) is 0.443. The number of nitrogens with zero attached hydrogens (tertiary/aromatic N) is 1. The molecule has 2 amide bonds. The molecule has 1 aromatic heterocycles. The van der Waals surface area contributed by atoms with E-state index in [1.165, 1.54) is 11.5 Å². The number of alkyl carbamates (subject to hydrolysis) is 1. The van der Waals surface area contributed by atoms with E-state index in [0.717, 1.165) is 15.9 Å². The highest BCUT2D eigenvalue weighted by molar-refractivity contribution is 7.13. The van der Waals surface area contributed by atoms with E-state index >= 15 is 0 Å². The lowest BCUT2D eigenvalue weighted by Gasteiger charge is -2.23. The van der Waals surface area contributed by atoms with Crippen LogP contribution in [0.1, 0.15) is 32.4 Å². The monoisotopic (exact) mass is 460 g/mol. The third-order valence-electron chi connectivity index (χ3n) is 4.20. The average molecular weight is 461 g/mol. The number of hydrogen-bond donors (Lipinski definition) is 3. The topological polar surface area (TPSA) is 92.3 Å². The van der Waals surface area contributed by atoms with Gasteiger partial charge in [0.05, 0.1) is 4.70 Å². The van der Waals surface area contributed by atoms with Gasteiger partial charge in [-0.25, -0.2) is 4.79 Å². The first kappa shape index (κ1) is 22.8. The minimum absolute atomic E-state index is 0.329. The Morgan fingerprint density at radius 1 is 1.13 bits per heavy atom. The molecule has 2 aromatic carbocycles. The van der Waals surface area contributed by atoms with Crippen LogP contribution in [0.5, 0.6) is 0 Å². The molecule has 0 bridgehead atoms. The molecule has 0 unspecified atom stereocenters. The van der Waals surface area contributed by atoms with Gasteiger partial charge in [0.25, 0.3) is 0 Å². The molecule has 3 aromatic rings. The fourth-order valence-corrected chi connectivity index (χ4v) is 3.79. The molecule has 1 heterocycles. The van der Waals surface area contributed by atoms with E-state index in [2.05, 4.69) is 20.3 Å². The lowest BCUT2D eigenvalue weighted by Crippen LogP contribution is -2.43. The van der Waals surface area contributed by atoms with Crippen LogP contribution in [0.25, 0.3) is 10.1 Å². The third-order valence-corrected chi connectivity index (χ3v) is 5.27. The molecule has 1 atom stereocenters. The molecule has 0 aliphatic heterocycles. The van der Waals surface area contributed by atoms with Crippen molar-refractivity contribution in [3.05, 3.63) is 59.1 Å². The number of amides is 2. The maximum absolute atomic E-state index is 12.8. The van der Waals surface area contributed by atoms with Gasteiger partial charge in [-0.1, -0.05) is 41.9 Å². The summed E-state index contributed by atoms with van der Waals surface area (Å²) in [5, 5.41) is 10.3. The fraction of sp³-hybridized carbons (Fsp3) is 0.318. The van der Waals surface area contributed by atoms with E-state index in [-0.39, 0.29) is 5.91 Å². The van der Waals surface area contributed by atoms with Crippen LogP contribution in [-0.4, -0.2) is 35.1 Å². The van der Waals surface area contributed by atoms with Gasteiger partial charge in [0.15, 0.2) is 0 Å². The van der Waals surface area contributed by atoms with Crippen molar-refractivity contribution in [2.45, 2.75) is 32.4 Å². The summed E-state index contributed by atoms with van der Waals surface area (Å²) < 4.78 is 10.7. The van der Waals surface area contributed by atoms with Gasteiger partial charge >= 0.3 is 6.09 Å². The van der Waals surface area contributed by atoms with Crippen molar-refractivity contribution in [3.63, 3.8) is 0 Å². The molecule has 7 nitrogen and oxygen atoms in total. The standard InChI is InChI=1S/C22H25ClN4O3S/c1-22(2,3)30-21(29)26-18(14-7-5-4-6-8-14)20(28)25-12-11-24-19-16-13-15(23)9-10-17(16)31-27-19/h4-10,13,18H,11-12H2,1-3H3,(H,24,27)(H,25,28)(H,26,29)/t18-/m0/s1. The molecule has 3 rings (SSSR count). The number of nitrogens with one attached hydrogen (secondary N) is 3. The maximum Gasteiger partial charge on any atom is 0.408 e. The zero-order chi connectivity index (χ0) is 22.4. The van der Waals surface area contributed by atoms with Crippen molar-refractivity contribution in [1.29, 1.82) is 0 Å². The Morgan fingerprint density at radius 3 is 2.58 bits per heavy atom. The lowest BCUT2D eigenvalue weighted by molar-refractivity contribution is -0.123. The molecule has 31 heavy (non-hydrogen) atoms. The van der Waals surface area contributed by atoms with Crippen molar-refractivity contribution < 1.29 is 14.3 Å². The fourth-order valence-electron chi connectivity index (χ4n) is 2.88. The minimum atomic E-state index is -0.866. The maximum atomic E-state index is 12.8. The Labute approximate surface area is 190 Å². The van der Waals surface area contributed by atoms with E-state index in [1.54, 1.807) is 32.9 Å².